The van der Waals surface area contributed by atoms with Crippen LogP contribution in [0.2, 0.25) is 0 Å². The molecule has 30 heavy (non-hydrogen) atoms. The maximum atomic E-state index is 12.2. The zero-order valence-electron chi connectivity index (χ0n) is 17.9. The monoisotopic (exact) mass is 406 g/mol. The summed E-state index contributed by atoms with van der Waals surface area (Å²) in [4.78, 5) is 26.6. The van der Waals surface area contributed by atoms with Gasteiger partial charge in [-0.05, 0) is 42.0 Å². The van der Waals surface area contributed by atoms with E-state index in [0.717, 1.165) is 48.5 Å². The minimum Gasteiger partial charge on any atom is -0.355 e. The summed E-state index contributed by atoms with van der Waals surface area (Å²) in [5.74, 6) is 1.38. The van der Waals surface area contributed by atoms with Gasteiger partial charge in [0.2, 0.25) is 0 Å². The summed E-state index contributed by atoms with van der Waals surface area (Å²) in [6, 6.07) is 10.1. The molecule has 7 heteroatoms. The minimum absolute atomic E-state index is 0.0522. The predicted octanol–water partition coefficient (Wildman–Crippen LogP) is 4.51. The first kappa shape index (κ1) is 20.2. The summed E-state index contributed by atoms with van der Waals surface area (Å²) in [5.41, 5.74) is 2.99. The molecule has 3 N–H and O–H groups in total. The highest BCUT2D eigenvalue weighted by atomic mass is 16.2. The fourth-order valence-corrected chi connectivity index (χ4v) is 3.94. The molecule has 158 valence electrons. The molecule has 0 aliphatic carbocycles. The van der Waals surface area contributed by atoms with Crippen molar-refractivity contribution in [3.05, 3.63) is 48.4 Å². The molecular formula is C23H30N6O. The van der Waals surface area contributed by atoms with E-state index < -0.39 is 0 Å². The molecule has 7 nitrogen and oxygen atoms in total. The number of amides is 2. The fourth-order valence-electron chi connectivity index (χ4n) is 3.94. The number of H-pyrrole nitrogens is 1. The van der Waals surface area contributed by atoms with Gasteiger partial charge >= 0.3 is 6.03 Å². The van der Waals surface area contributed by atoms with Crippen LogP contribution in [0.1, 0.15) is 45.1 Å². The van der Waals surface area contributed by atoms with Crippen molar-refractivity contribution >= 4 is 28.6 Å². The van der Waals surface area contributed by atoms with E-state index in [1.54, 1.807) is 6.33 Å². The molecular weight excluding hydrogens is 376 g/mol. The number of benzene rings is 1. The molecule has 2 aromatic heterocycles. The van der Waals surface area contributed by atoms with Gasteiger partial charge in [-0.1, -0.05) is 32.9 Å². The molecule has 1 unspecified atom stereocenters. The van der Waals surface area contributed by atoms with E-state index in [4.69, 9.17) is 0 Å². The van der Waals surface area contributed by atoms with Gasteiger partial charge in [-0.2, -0.15) is 0 Å². The Bertz CT molecular complexity index is 1020. The standard InChI is InChI=1S/C23H30N6O/c1-23(2,3)14-25-22(30)28-18-8-4-6-16(12-18)17-7-5-11-29(13-17)21-19-9-10-24-20(19)26-15-27-21/h4,6,8-10,12,15,17H,5,7,11,13-14H2,1-3H3,(H,24,26,27)(H2,25,28,30). The Hall–Kier alpha value is -3.09. The molecule has 1 aliphatic heterocycles. The van der Waals surface area contributed by atoms with E-state index in [1.807, 2.05) is 24.4 Å². The van der Waals surface area contributed by atoms with E-state index in [0.29, 0.717) is 12.5 Å². The quantitative estimate of drug-likeness (QED) is 0.595. The summed E-state index contributed by atoms with van der Waals surface area (Å²) in [6.45, 7) is 8.81. The summed E-state index contributed by atoms with van der Waals surface area (Å²) in [6.07, 6.45) is 5.75. The second kappa shape index (κ2) is 8.34. The Morgan fingerprint density at radius 2 is 2.13 bits per heavy atom. The van der Waals surface area contributed by atoms with Gasteiger partial charge < -0.3 is 20.5 Å². The van der Waals surface area contributed by atoms with Crippen LogP contribution in [0.25, 0.3) is 11.0 Å². The number of anilines is 2. The molecule has 1 aliphatic rings. The highest BCUT2D eigenvalue weighted by molar-refractivity contribution is 5.89. The van der Waals surface area contributed by atoms with Gasteiger partial charge in [0.25, 0.3) is 0 Å². The third-order valence-electron chi connectivity index (χ3n) is 5.45. The smallest absolute Gasteiger partial charge is 0.319 e. The van der Waals surface area contributed by atoms with Gasteiger partial charge in [0.1, 0.15) is 17.8 Å². The zero-order valence-corrected chi connectivity index (χ0v) is 17.9. The van der Waals surface area contributed by atoms with Crippen LogP contribution < -0.4 is 15.5 Å². The van der Waals surface area contributed by atoms with Crippen LogP contribution in [-0.4, -0.2) is 40.6 Å². The Balaban J connectivity index is 1.46. The Labute approximate surface area is 177 Å². The number of nitrogens with zero attached hydrogens (tertiary/aromatic N) is 3. The highest BCUT2D eigenvalue weighted by Crippen LogP contribution is 2.32. The van der Waals surface area contributed by atoms with E-state index >= 15 is 0 Å². The number of hydrogen-bond donors (Lipinski definition) is 3. The van der Waals surface area contributed by atoms with Crippen molar-refractivity contribution in [3.8, 4) is 0 Å². The fraction of sp³-hybridized carbons (Fsp3) is 0.435. The van der Waals surface area contributed by atoms with Crippen molar-refractivity contribution in [2.24, 2.45) is 5.41 Å². The molecule has 1 saturated heterocycles. The number of rotatable bonds is 4. The predicted molar refractivity (Wildman–Crippen MR) is 121 cm³/mol. The van der Waals surface area contributed by atoms with Crippen molar-refractivity contribution in [2.75, 3.05) is 29.9 Å². The first-order valence-corrected chi connectivity index (χ1v) is 10.6. The molecule has 0 radical (unpaired) electrons. The third-order valence-corrected chi connectivity index (χ3v) is 5.45. The van der Waals surface area contributed by atoms with Gasteiger partial charge in [-0.25, -0.2) is 14.8 Å². The van der Waals surface area contributed by atoms with Gasteiger partial charge in [0.05, 0.1) is 5.39 Å². The first-order chi connectivity index (χ1) is 14.4. The number of urea groups is 1. The molecule has 0 saturated carbocycles. The average molecular weight is 407 g/mol. The lowest BCUT2D eigenvalue weighted by Crippen LogP contribution is -2.36. The Morgan fingerprint density at radius 3 is 2.97 bits per heavy atom. The largest absolute Gasteiger partial charge is 0.355 e. The van der Waals surface area contributed by atoms with Crippen LogP contribution in [0.3, 0.4) is 0 Å². The van der Waals surface area contributed by atoms with Gasteiger partial charge in [0.15, 0.2) is 0 Å². The number of hydrogen-bond acceptors (Lipinski definition) is 4. The number of nitrogens with one attached hydrogen (secondary N) is 3. The molecule has 2 amide bonds. The van der Waals surface area contributed by atoms with Crippen LogP contribution in [0, 0.1) is 5.41 Å². The van der Waals surface area contributed by atoms with Gasteiger partial charge in [-0.3, -0.25) is 0 Å². The summed E-state index contributed by atoms with van der Waals surface area (Å²) < 4.78 is 0. The Kier molecular flexibility index (Phi) is 5.61. The van der Waals surface area contributed by atoms with E-state index in [1.165, 1.54) is 5.56 Å². The van der Waals surface area contributed by atoms with Crippen molar-refractivity contribution in [3.63, 3.8) is 0 Å². The lowest BCUT2D eigenvalue weighted by atomic mass is 9.90. The molecule has 3 heterocycles. The highest BCUT2D eigenvalue weighted by Gasteiger charge is 2.24. The van der Waals surface area contributed by atoms with Gasteiger partial charge in [-0.15, -0.1) is 0 Å². The summed E-state index contributed by atoms with van der Waals surface area (Å²) in [5, 5.41) is 6.97. The van der Waals surface area contributed by atoms with Crippen molar-refractivity contribution < 1.29 is 4.79 Å². The second-order valence-electron chi connectivity index (χ2n) is 9.22. The maximum absolute atomic E-state index is 12.2. The minimum atomic E-state index is -0.164. The van der Waals surface area contributed by atoms with E-state index in [-0.39, 0.29) is 11.4 Å². The molecule has 3 aromatic rings. The number of aromatic nitrogens is 3. The molecule has 1 aromatic carbocycles. The van der Waals surface area contributed by atoms with Crippen molar-refractivity contribution in [1.29, 1.82) is 0 Å². The SMILES string of the molecule is CC(C)(C)CNC(=O)Nc1cccc(C2CCCN(c3ncnc4[nH]ccc34)C2)c1. The number of aromatic amines is 1. The number of carbonyl (C=O) groups excluding carboxylic acids is 1. The van der Waals surface area contributed by atoms with Crippen molar-refractivity contribution in [2.45, 2.75) is 39.5 Å². The van der Waals surface area contributed by atoms with Crippen molar-refractivity contribution in [1.82, 2.24) is 20.3 Å². The number of carbonyl (C=O) groups is 1. The molecule has 4 rings (SSSR count). The van der Waals surface area contributed by atoms with Crippen LogP contribution in [0.4, 0.5) is 16.3 Å². The summed E-state index contributed by atoms with van der Waals surface area (Å²) >= 11 is 0. The topological polar surface area (TPSA) is 85.9 Å². The third kappa shape index (κ3) is 4.72. The maximum Gasteiger partial charge on any atom is 0.319 e. The Morgan fingerprint density at radius 1 is 1.27 bits per heavy atom. The number of piperidine rings is 1. The van der Waals surface area contributed by atoms with Crippen LogP contribution in [0.15, 0.2) is 42.9 Å². The average Bonchev–Trinajstić information content (AvgIpc) is 3.21. The number of fused-ring (bicyclic) bond motifs is 1. The summed E-state index contributed by atoms with van der Waals surface area (Å²) in [7, 11) is 0. The van der Waals surface area contributed by atoms with E-state index in [2.05, 4.69) is 63.4 Å². The zero-order chi connectivity index (χ0) is 21.1. The lowest BCUT2D eigenvalue weighted by Gasteiger charge is -2.34. The van der Waals surface area contributed by atoms with Crippen LogP contribution in [-0.2, 0) is 0 Å². The van der Waals surface area contributed by atoms with Crippen LogP contribution >= 0.6 is 0 Å². The molecule has 1 atom stereocenters. The molecule has 0 bridgehead atoms. The van der Waals surface area contributed by atoms with E-state index in [9.17, 15) is 4.79 Å². The van der Waals surface area contributed by atoms with Crippen LogP contribution in [0.5, 0.6) is 0 Å². The lowest BCUT2D eigenvalue weighted by molar-refractivity contribution is 0.247. The van der Waals surface area contributed by atoms with Gasteiger partial charge in [0, 0.05) is 37.4 Å². The normalized spacial score (nSPS) is 17.2. The molecule has 1 fully saturated rings. The molecule has 0 spiro atoms. The first-order valence-electron chi connectivity index (χ1n) is 10.6. The second-order valence-corrected chi connectivity index (χ2v) is 9.22.